The molecule has 5 rings (SSSR count). The minimum Gasteiger partial charge on any atom is -0.368 e. The summed E-state index contributed by atoms with van der Waals surface area (Å²) in [6.07, 6.45) is 0.275. The van der Waals surface area contributed by atoms with Crippen molar-refractivity contribution in [3.8, 4) is 11.4 Å². The maximum absolute atomic E-state index is 13.2. The van der Waals surface area contributed by atoms with Crippen molar-refractivity contribution in [2.75, 3.05) is 31.1 Å². The van der Waals surface area contributed by atoms with Gasteiger partial charge in [-0.2, -0.15) is 4.98 Å². The Morgan fingerprint density at radius 1 is 0.971 bits per heavy atom. The molecule has 34 heavy (non-hydrogen) atoms. The molecule has 0 spiro atoms. The Labute approximate surface area is 197 Å². The van der Waals surface area contributed by atoms with E-state index in [9.17, 15) is 9.18 Å². The average Bonchev–Trinajstić information content (AvgIpc) is 3.26. The molecule has 1 aliphatic heterocycles. The number of halogens is 1. The van der Waals surface area contributed by atoms with Crippen molar-refractivity contribution < 1.29 is 9.18 Å². The van der Waals surface area contributed by atoms with E-state index >= 15 is 0 Å². The first-order valence-electron chi connectivity index (χ1n) is 11.5. The molecular formula is C26H27FN6O. The second kappa shape index (κ2) is 8.85. The molecule has 2 aromatic carbocycles. The summed E-state index contributed by atoms with van der Waals surface area (Å²) in [6.45, 7) is 8.62. The highest BCUT2D eigenvalue weighted by molar-refractivity contribution is 5.79. The first-order valence-corrected chi connectivity index (χ1v) is 11.5. The second-order valence-corrected chi connectivity index (χ2v) is 8.80. The summed E-state index contributed by atoms with van der Waals surface area (Å²) in [6, 6.07) is 14.6. The lowest BCUT2D eigenvalue weighted by molar-refractivity contribution is -0.130. The van der Waals surface area contributed by atoms with Gasteiger partial charge in [-0.15, -0.1) is 5.10 Å². The number of hydrogen-bond donors (Lipinski definition) is 0. The van der Waals surface area contributed by atoms with Gasteiger partial charge in [-0.25, -0.2) is 13.9 Å². The van der Waals surface area contributed by atoms with Crippen LogP contribution in [0.5, 0.6) is 0 Å². The Morgan fingerprint density at radius 2 is 1.71 bits per heavy atom. The van der Waals surface area contributed by atoms with Crippen LogP contribution < -0.4 is 4.90 Å². The van der Waals surface area contributed by atoms with E-state index in [0.29, 0.717) is 24.7 Å². The number of anilines is 1. The molecule has 0 saturated carbocycles. The van der Waals surface area contributed by atoms with Crippen LogP contribution in [0.4, 0.5) is 10.1 Å². The summed E-state index contributed by atoms with van der Waals surface area (Å²) in [5.74, 6) is 0.993. The maximum Gasteiger partial charge on any atom is 0.253 e. The van der Waals surface area contributed by atoms with Crippen LogP contribution in [0, 0.1) is 26.6 Å². The van der Waals surface area contributed by atoms with Crippen molar-refractivity contribution in [1.82, 2.24) is 24.5 Å². The summed E-state index contributed by atoms with van der Waals surface area (Å²) in [4.78, 5) is 26.5. The molecular weight excluding hydrogens is 431 g/mol. The minimum absolute atomic E-state index is 0.0742. The maximum atomic E-state index is 13.2. The molecule has 1 aliphatic rings. The molecule has 1 fully saturated rings. The first kappa shape index (κ1) is 22.0. The van der Waals surface area contributed by atoms with Crippen LogP contribution in [-0.2, 0) is 11.2 Å². The molecule has 0 unspecified atom stereocenters. The number of fused-ring (bicyclic) bond motifs is 1. The third-order valence-corrected chi connectivity index (χ3v) is 6.48. The third-order valence-electron chi connectivity index (χ3n) is 6.48. The number of aryl methyl sites for hydroxylation is 3. The molecule has 1 saturated heterocycles. The van der Waals surface area contributed by atoms with E-state index in [0.717, 1.165) is 46.9 Å². The second-order valence-electron chi connectivity index (χ2n) is 8.80. The Balaban J connectivity index is 1.32. The summed E-state index contributed by atoms with van der Waals surface area (Å²) in [5, 5.41) is 4.68. The fourth-order valence-electron chi connectivity index (χ4n) is 4.50. The monoisotopic (exact) mass is 458 g/mol. The molecule has 4 aromatic rings. The Bertz CT molecular complexity index is 1360. The van der Waals surface area contributed by atoms with E-state index in [1.807, 2.05) is 49.9 Å². The lowest BCUT2D eigenvalue weighted by Crippen LogP contribution is -2.49. The van der Waals surface area contributed by atoms with E-state index < -0.39 is 0 Å². The molecule has 8 heteroatoms. The minimum atomic E-state index is -0.243. The van der Waals surface area contributed by atoms with Gasteiger partial charge in [-0.1, -0.05) is 23.8 Å². The van der Waals surface area contributed by atoms with Gasteiger partial charge in [0.25, 0.3) is 5.78 Å². The van der Waals surface area contributed by atoms with Crippen molar-refractivity contribution >= 4 is 17.4 Å². The number of rotatable bonds is 4. The highest BCUT2D eigenvalue weighted by atomic mass is 19.1. The van der Waals surface area contributed by atoms with Crippen LogP contribution in [0.3, 0.4) is 0 Å². The zero-order valence-corrected chi connectivity index (χ0v) is 19.6. The van der Waals surface area contributed by atoms with E-state index in [4.69, 9.17) is 0 Å². The van der Waals surface area contributed by atoms with E-state index in [1.165, 1.54) is 12.1 Å². The fraction of sp³-hybridized carbons (Fsp3) is 0.308. The Morgan fingerprint density at radius 3 is 2.41 bits per heavy atom. The molecule has 7 nitrogen and oxygen atoms in total. The van der Waals surface area contributed by atoms with Gasteiger partial charge in [-0.05, 0) is 51.1 Å². The smallest absolute Gasteiger partial charge is 0.253 e. The van der Waals surface area contributed by atoms with E-state index in [-0.39, 0.29) is 18.1 Å². The molecule has 0 N–H and O–H groups in total. The number of carbonyl (C=O) groups excluding carboxylic acids is 1. The van der Waals surface area contributed by atoms with E-state index in [2.05, 4.69) is 20.0 Å². The van der Waals surface area contributed by atoms with Gasteiger partial charge in [0.1, 0.15) is 5.82 Å². The van der Waals surface area contributed by atoms with Crippen LogP contribution in [-0.4, -0.2) is 56.6 Å². The molecule has 3 heterocycles. The molecule has 0 radical (unpaired) electrons. The van der Waals surface area contributed by atoms with Crippen molar-refractivity contribution in [1.29, 1.82) is 0 Å². The van der Waals surface area contributed by atoms with Crippen molar-refractivity contribution in [3.63, 3.8) is 0 Å². The number of nitrogens with zero attached hydrogens (tertiary/aromatic N) is 6. The highest BCUT2D eigenvalue weighted by Gasteiger charge is 2.24. The Hall–Kier alpha value is -3.81. The largest absolute Gasteiger partial charge is 0.368 e. The summed E-state index contributed by atoms with van der Waals surface area (Å²) in [7, 11) is 0. The highest BCUT2D eigenvalue weighted by Crippen LogP contribution is 2.22. The summed E-state index contributed by atoms with van der Waals surface area (Å²) >= 11 is 0. The number of amides is 1. The fourth-order valence-corrected chi connectivity index (χ4v) is 4.50. The third kappa shape index (κ3) is 4.23. The molecule has 174 valence electrons. The zero-order valence-electron chi connectivity index (χ0n) is 19.6. The van der Waals surface area contributed by atoms with Crippen molar-refractivity contribution in [2.45, 2.75) is 27.2 Å². The normalized spacial score (nSPS) is 14.1. The molecule has 0 aliphatic carbocycles. The standard InChI is InChI=1S/C26H27FN6O/c1-17-5-4-6-20(15-17)25-29-26-28-18(2)23(19(3)33(26)30-25)16-24(34)32-13-11-31(12-14-32)22-9-7-21(27)8-10-22/h4-10,15H,11-14,16H2,1-3H3. The predicted molar refractivity (Wildman–Crippen MR) is 129 cm³/mol. The topological polar surface area (TPSA) is 66.6 Å². The average molecular weight is 459 g/mol. The van der Waals surface area contributed by atoms with Gasteiger partial charge in [0.15, 0.2) is 5.82 Å². The van der Waals surface area contributed by atoms with Crippen molar-refractivity contribution in [2.24, 2.45) is 0 Å². The van der Waals surface area contributed by atoms with Crippen LogP contribution in [0.1, 0.15) is 22.5 Å². The van der Waals surface area contributed by atoms with Gasteiger partial charge in [0.05, 0.1) is 6.42 Å². The van der Waals surface area contributed by atoms with Gasteiger partial charge >= 0.3 is 0 Å². The summed E-state index contributed by atoms with van der Waals surface area (Å²) in [5.41, 5.74) is 5.63. The first-order chi connectivity index (χ1) is 16.4. The predicted octanol–water partition coefficient (Wildman–Crippen LogP) is 3.75. The van der Waals surface area contributed by atoms with Crippen molar-refractivity contribution in [3.05, 3.63) is 76.9 Å². The quantitative estimate of drug-likeness (QED) is 0.466. The van der Waals surface area contributed by atoms with Gasteiger partial charge < -0.3 is 9.80 Å². The molecule has 2 aromatic heterocycles. The van der Waals surface area contributed by atoms with Crippen LogP contribution in [0.2, 0.25) is 0 Å². The van der Waals surface area contributed by atoms with E-state index in [1.54, 1.807) is 16.6 Å². The SMILES string of the molecule is Cc1cccc(-c2nc3nc(C)c(CC(=O)N4CCN(c5ccc(F)cc5)CC4)c(C)n3n2)c1. The van der Waals surface area contributed by atoms with Crippen LogP contribution in [0.15, 0.2) is 48.5 Å². The van der Waals surface area contributed by atoms with Crippen LogP contribution >= 0.6 is 0 Å². The van der Waals surface area contributed by atoms with Crippen LogP contribution in [0.25, 0.3) is 17.2 Å². The number of aromatic nitrogens is 4. The number of hydrogen-bond acceptors (Lipinski definition) is 5. The number of carbonyl (C=O) groups is 1. The molecule has 0 atom stereocenters. The molecule has 0 bridgehead atoms. The van der Waals surface area contributed by atoms with Gasteiger partial charge in [0, 0.05) is 54.4 Å². The zero-order chi connectivity index (χ0) is 23.8. The summed E-state index contributed by atoms with van der Waals surface area (Å²) < 4.78 is 14.9. The molecule has 1 amide bonds. The van der Waals surface area contributed by atoms with Gasteiger partial charge in [-0.3, -0.25) is 4.79 Å². The lowest BCUT2D eigenvalue weighted by Gasteiger charge is -2.36. The Kier molecular flexibility index (Phi) is 5.73. The van der Waals surface area contributed by atoms with Gasteiger partial charge in [0.2, 0.25) is 5.91 Å². The number of benzene rings is 2. The number of piperazine rings is 1. The lowest BCUT2D eigenvalue weighted by atomic mass is 10.1.